The predicted octanol–water partition coefficient (Wildman–Crippen LogP) is 0.877. The van der Waals surface area contributed by atoms with Crippen molar-refractivity contribution in [3.8, 4) is 0 Å². The normalized spacial score (nSPS) is 29.3. The molecule has 30 heavy (non-hydrogen) atoms. The summed E-state index contributed by atoms with van der Waals surface area (Å²) in [6, 6.07) is 5.28. The smallest absolute Gasteiger partial charge is 0.392 e. The summed E-state index contributed by atoms with van der Waals surface area (Å²) in [4.78, 5) is 12.3. The summed E-state index contributed by atoms with van der Waals surface area (Å²) in [5, 5.41) is 40.8. The first kappa shape index (κ1) is 25.2. The molecular weight excluding hydrogens is 447 g/mol. The lowest BCUT2D eigenvalue weighted by Gasteiger charge is -2.44. The summed E-state index contributed by atoms with van der Waals surface area (Å²) in [6.45, 7) is 1.39. The van der Waals surface area contributed by atoms with E-state index in [1.807, 2.05) is 5.32 Å². The van der Waals surface area contributed by atoms with E-state index in [1.165, 1.54) is 0 Å². The van der Waals surface area contributed by atoms with E-state index >= 15 is 0 Å². The Morgan fingerprint density at radius 2 is 1.77 bits per heavy atom. The molecule has 1 amide bonds. The van der Waals surface area contributed by atoms with Crippen LogP contribution < -0.4 is 5.32 Å². The standard InChI is InChI=1S/C18H24F3NO6S2/c1-8(30-10-5-3-9(7-23)4-6-10)11(22-17(27)18(19,20)21)15-13(25)12(24)14(26)16(28-15)29-2/h3-6,8,11-16,23-26H,7H2,1-2H3,(H,22,27)/t8-,11+,12+,13?,14+,15+,16?/m0/s1. The average molecular weight is 472 g/mol. The molecule has 1 heterocycles. The van der Waals surface area contributed by atoms with Gasteiger partial charge in [-0.3, -0.25) is 4.79 Å². The molecule has 7 nitrogen and oxygen atoms in total. The molecule has 2 rings (SSSR count). The minimum absolute atomic E-state index is 0.164. The Labute approximate surface area is 180 Å². The Hall–Kier alpha value is -1.02. The van der Waals surface area contributed by atoms with Gasteiger partial charge in [0.25, 0.3) is 0 Å². The molecule has 1 saturated heterocycles. The topological polar surface area (TPSA) is 119 Å². The Morgan fingerprint density at radius 1 is 1.17 bits per heavy atom. The van der Waals surface area contributed by atoms with Crippen molar-refractivity contribution >= 4 is 29.4 Å². The molecule has 12 heteroatoms. The van der Waals surface area contributed by atoms with Crippen LogP contribution in [-0.2, 0) is 16.1 Å². The van der Waals surface area contributed by atoms with Gasteiger partial charge in [-0.25, -0.2) is 0 Å². The van der Waals surface area contributed by atoms with Crippen LogP contribution in [0.15, 0.2) is 29.2 Å². The molecule has 0 saturated carbocycles. The molecule has 7 atom stereocenters. The zero-order valence-corrected chi connectivity index (χ0v) is 17.7. The van der Waals surface area contributed by atoms with Gasteiger partial charge in [0.2, 0.25) is 0 Å². The zero-order chi connectivity index (χ0) is 22.6. The van der Waals surface area contributed by atoms with Crippen LogP contribution in [-0.4, -0.2) is 79.9 Å². The van der Waals surface area contributed by atoms with Crippen LogP contribution in [0.1, 0.15) is 12.5 Å². The molecule has 1 aromatic carbocycles. The SMILES string of the molecule is CSC1O[C@H]([C@H](NC(=O)C(F)(F)F)[C@H](C)Sc2ccc(CO)cc2)C(O)[C@@H](O)[C@H]1O. The van der Waals surface area contributed by atoms with E-state index in [2.05, 4.69) is 0 Å². The van der Waals surface area contributed by atoms with Crippen LogP contribution in [0.5, 0.6) is 0 Å². The molecule has 170 valence electrons. The van der Waals surface area contributed by atoms with Crippen molar-refractivity contribution in [3.63, 3.8) is 0 Å². The number of benzene rings is 1. The lowest BCUT2D eigenvalue weighted by molar-refractivity contribution is -0.207. The van der Waals surface area contributed by atoms with Crippen molar-refractivity contribution in [3.05, 3.63) is 29.8 Å². The second-order valence-electron chi connectivity index (χ2n) is 6.80. The third kappa shape index (κ3) is 6.02. The number of halogens is 3. The van der Waals surface area contributed by atoms with E-state index in [0.29, 0.717) is 10.5 Å². The number of rotatable bonds is 7. The number of aliphatic hydroxyl groups is 4. The number of alkyl halides is 3. The van der Waals surface area contributed by atoms with Gasteiger partial charge in [0, 0.05) is 10.1 Å². The van der Waals surface area contributed by atoms with Crippen LogP contribution in [0.25, 0.3) is 0 Å². The second-order valence-corrected chi connectivity index (χ2v) is 9.19. The van der Waals surface area contributed by atoms with Crippen molar-refractivity contribution in [2.75, 3.05) is 6.26 Å². The van der Waals surface area contributed by atoms with Gasteiger partial charge >= 0.3 is 12.1 Å². The summed E-state index contributed by atoms with van der Waals surface area (Å²) in [6.07, 6.45) is -9.80. The number of amides is 1. The number of hydrogen-bond donors (Lipinski definition) is 5. The average Bonchev–Trinajstić information content (AvgIpc) is 2.70. The summed E-state index contributed by atoms with van der Waals surface area (Å²) in [5.41, 5.74) is -0.348. The maximum absolute atomic E-state index is 12.9. The lowest BCUT2D eigenvalue weighted by Crippen LogP contribution is -2.65. The van der Waals surface area contributed by atoms with E-state index in [-0.39, 0.29) is 6.61 Å². The summed E-state index contributed by atoms with van der Waals surface area (Å²) in [7, 11) is 0. The monoisotopic (exact) mass is 471 g/mol. The first-order valence-corrected chi connectivity index (χ1v) is 11.1. The van der Waals surface area contributed by atoms with Crippen molar-refractivity contribution < 1.29 is 43.1 Å². The van der Waals surface area contributed by atoms with Crippen molar-refractivity contribution in [1.29, 1.82) is 0 Å². The van der Waals surface area contributed by atoms with Crippen LogP contribution in [0.2, 0.25) is 0 Å². The molecule has 0 aliphatic carbocycles. The van der Waals surface area contributed by atoms with Gasteiger partial charge in [0.15, 0.2) is 0 Å². The number of nitrogens with one attached hydrogen (secondary N) is 1. The lowest BCUT2D eigenvalue weighted by atomic mass is 9.93. The van der Waals surface area contributed by atoms with E-state index < -0.39 is 53.2 Å². The number of ether oxygens (including phenoxy) is 1. The van der Waals surface area contributed by atoms with Crippen LogP contribution in [0, 0.1) is 0 Å². The molecule has 2 unspecified atom stereocenters. The highest BCUT2D eigenvalue weighted by atomic mass is 32.2. The van der Waals surface area contributed by atoms with E-state index in [0.717, 1.165) is 23.5 Å². The van der Waals surface area contributed by atoms with Crippen molar-refractivity contribution in [2.45, 2.75) is 65.7 Å². The fraction of sp³-hybridized carbons (Fsp3) is 0.611. The molecule has 0 spiro atoms. The number of aliphatic hydroxyl groups excluding tert-OH is 4. The molecule has 1 aliphatic rings. The molecule has 0 radical (unpaired) electrons. The fourth-order valence-electron chi connectivity index (χ4n) is 3.03. The minimum Gasteiger partial charge on any atom is -0.392 e. The van der Waals surface area contributed by atoms with E-state index in [9.17, 15) is 33.3 Å². The van der Waals surface area contributed by atoms with Crippen molar-refractivity contribution in [2.24, 2.45) is 0 Å². The first-order valence-electron chi connectivity index (χ1n) is 8.96. The van der Waals surface area contributed by atoms with Crippen LogP contribution in [0.4, 0.5) is 13.2 Å². The minimum atomic E-state index is -5.15. The van der Waals surface area contributed by atoms with E-state index in [1.54, 1.807) is 37.4 Å². The highest BCUT2D eigenvalue weighted by molar-refractivity contribution is 8.00. The van der Waals surface area contributed by atoms with Crippen LogP contribution in [0.3, 0.4) is 0 Å². The quantitative estimate of drug-likeness (QED) is 0.372. The summed E-state index contributed by atoms with van der Waals surface area (Å²) in [5.74, 6) is -2.20. The third-order valence-electron chi connectivity index (χ3n) is 4.68. The van der Waals surface area contributed by atoms with Crippen LogP contribution >= 0.6 is 23.5 Å². The van der Waals surface area contributed by atoms with Gasteiger partial charge in [-0.05, 0) is 24.0 Å². The number of hydrogen-bond acceptors (Lipinski definition) is 8. The Balaban J connectivity index is 2.29. The molecule has 0 bridgehead atoms. The summed E-state index contributed by atoms with van der Waals surface area (Å²) >= 11 is 2.14. The first-order chi connectivity index (χ1) is 14.0. The molecular formula is C18H24F3NO6S2. The summed E-state index contributed by atoms with van der Waals surface area (Å²) < 4.78 is 44.2. The fourth-order valence-corrected chi connectivity index (χ4v) is 4.80. The molecule has 1 aliphatic heterocycles. The molecule has 5 N–H and O–H groups in total. The second kappa shape index (κ2) is 10.5. The number of carbonyl (C=O) groups excluding carboxylic acids is 1. The van der Waals surface area contributed by atoms with Gasteiger partial charge in [0.05, 0.1) is 12.6 Å². The highest BCUT2D eigenvalue weighted by Gasteiger charge is 2.50. The molecule has 1 fully saturated rings. The maximum atomic E-state index is 12.9. The van der Waals surface area contributed by atoms with Gasteiger partial charge in [-0.2, -0.15) is 13.2 Å². The van der Waals surface area contributed by atoms with E-state index in [4.69, 9.17) is 9.84 Å². The van der Waals surface area contributed by atoms with Gasteiger partial charge < -0.3 is 30.5 Å². The molecule has 1 aromatic rings. The Kier molecular flexibility index (Phi) is 8.86. The Bertz CT molecular complexity index is 706. The number of carbonyl (C=O) groups is 1. The third-order valence-corrected chi connectivity index (χ3v) is 6.75. The largest absolute Gasteiger partial charge is 0.471 e. The Morgan fingerprint density at radius 3 is 2.27 bits per heavy atom. The predicted molar refractivity (Wildman–Crippen MR) is 106 cm³/mol. The zero-order valence-electron chi connectivity index (χ0n) is 16.1. The van der Waals surface area contributed by atoms with Gasteiger partial charge in [-0.1, -0.05) is 19.1 Å². The number of thioether (sulfide) groups is 2. The van der Waals surface area contributed by atoms with Crippen molar-refractivity contribution in [1.82, 2.24) is 5.32 Å². The maximum Gasteiger partial charge on any atom is 0.471 e. The van der Waals surface area contributed by atoms with Gasteiger partial charge in [-0.15, -0.1) is 23.5 Å². The highest BCUT2D eigenvalue weighted by Crippen LogP contribution is 2.34. The molecule has 0 aromatic heterocycles. The van der Waals surface area contributed by atoms with Gasteiger partial charge in [0.1, 0.15) is 29.9 Å².